The van der Waals surface area contributed by atoms with Crippen molar-refractivity contribution >= 4 is 12.2 Å². The molecule has 0 amide bonds. The Labute approximate surface area is 305 Å². The largest absolute Gasteiger partial charge is 0.0654 e. The molecule has 0 bridgehead atoms. The summed E-state index contributed by atoms with van der Waals surface area (Å²) in [4.78, 5) is 0. The van der Waals surface area contributed by atoms with Crippen molar-refractivity contribution < 1.29 is 0 Å². The topological polar surface area (TPSA) is 0 Å². The summed E-state index contributed by atoms with van der Waals surface area (Å²) in [5, 5.41) is 0. The Balaban J connectivity index is 1.16. The van der Waals surface area contributed by atoms with Crippen molar-refractivity contribution in [3.05, 3.63) is 142 Å². The second kappa shape index (κ2) is 24.0. The van der Waals surface area contributed by atoms with Gasteiger partial charge in [0.2, 0.25) is 0 Å². The molecule has 0 aromatic heterocycles. The third-order valence-corrected chi connectivity index (χ3v) is 9.54. The van der Waals surface area contributed by atoms with Crippen LogP contribution in [-0.2, 0) is 12.8 Å². The van der Waals surface area contributed by atoms with Gasteiger partial charge in [0.25, 0.3) is 0 Å². The Morgan fingerprint density at radius 3 is 0.880 bits per heavy atom. The highest BCUT2D eigenvalue weighted by Crippen LogP contribution is 2.15. The van der Waals surface area contributed by atoms with E-state index in [1.165, 1.54) is 127 Å². The first kappa shape index (κ1) is 38.5. The summed E-state index contributed by atoms with van der Waals surface area (Å²) < 4.78 is 0. The fourth-order valence-corrected chi connectivity index (χ4v) is 6.27. The minimum absolute atomic E-state index is 1.03. The molecule has 0 radical (unpaired) electrons. The van der Waals surface area contributed by atoms with E-state index in [0.717, 1.165) is 33.4 Å². The molecule has 0 spiro atoms. The zero-order valence-corrected chi connectivity index (χ0v) is 31.1. The molecule has 50 heavy (non-hydrogen) atoms. The van der Waals surface area contributed by atoms with Gasteiger partial charge in [0, 0.05) is 22.3 Å². The molecule has 0 heterocycles. The normalized spacial score (nSPS) is 10.8. The maximum Gasteiger partial charge on any atom is 0.0249 e. The van der Waals surface area contributed by atoms with Gasteiger partial charge in [-0.3, -0.25) is 0 Å². The van der Waals surface area contributed by atoms with E-state index in [2.05, 4.69) is 147 Å². The van der Waals surface area contributed by atoms with Gasteiger partial charge >= 0.3 is 0 Å². The van der Waals surface area contributed by atoms with Crippen molar-refractivity contribution in [3.8, 4) is 23.7 Å². The highest BCUT2D eigenvalue weighted by Gasteiger charge is 1.98. The summed E-state index contributed by atoms with van der Waals surface area (Å²) in [6, 6.07) is 34.6. The fourth-order valence-electron chi connectivity index (χ4n) is 6.27. The molecule has 0 aliphatic carbocycles. The Hall–Kier alpha value is -4.26. The zero-order valence-electron chi connectivity index (χ0n) is 31.1. The maximum atomic E-state index is 3.33. The molecule has 0 N–H and O–H groups in total. The number of hydrogen-bond donors (Lipinski definition) is 0. The van der Waals surface area contributed by atoms with E-state index in [9.17, 15) is 0 Å². The van der Waals surface area contributed by atoms with Gasteiger partial charge in [-0.05, 0) is 96.5 Å². The van der Waals surface area contributed by atoms with Crippen molar-refractivity contribution in [2.45, 2.75) is 129 Å². The third-order valence-electron chi connectivity index (χ3n) is 9.54. The summed E-state index contributed by atoms with van der Waals surface area (Å²) >= 11 is 0. The van der Waals surface area contributed by atoms with E-state index in [0.29, 0.717) is 0 Å². The lowest BCUT2D eigenvalue weighted by Gasteiger charge is -2.03. The summed E-state index contributed by atoms with van der Waals surface area (Å²) in [5.74, 6) is 13.3. The van der Waals surface area contributed by atoms with Crippen molar-refractivity contribution in [2.24, 2.45) is 0 Å². The van der Waals surface area contributed by atoms with Gasteiger partial charge in [-0.1, -0.05) is 188 Å². The average molecular weight is 661 g/mol. The fraction of sp³-hybridized carbons (Fsp3) is 0.400. The van der Waals surface area contributed by atoms with Gasteiger partial charge in [0.1, 0.15) is 0 Å². The van der Waals surface area contributed by atoms with Crippen LogP contribution in [0.15, 0.2) is 97.1 Å². The monoisotopic (exact) mass is 660 g/mol. The molecule has 0 aliphatic heterocycles. The summed E-state index contributed by atoms with van der Waals surface area (Å²) in [6.45, 7) is 4.56. The molecular formula is C50H60. The van der Waals surface area contributed by atoms with Crippen LogP contribution in [0.5, 0.6) is 0 Å². The lowest BCUT2D eigenvalue weighted by molar-refractivity contribution is 0.575. The predicted octanol–water partition coefficient (Wildman–Crippen LogP) is 14.0. The van der Waals surface area contributed by atoms with E-state index >= 15 is 0 Å². The second-order valence-corrected chi connectivity index (χ2v) is 13.9. The summed E-state index contributed by atoms with van der Waals surface area (Å²) in [6.07, 6.45) is 28.5. The zero-order chi connectivity index (χ0) is 34.9. The summed E-state index contributed by atoms with van der Waals surface area (Å²) in [5.41, 5.74) is 9.38. The van der Waals surface area contributed by atoms with Crippen LogP contribution in [0.2, 0.25) is 0 Å². The Bertz CT molecular complexity index is 1500. The standard InChI is InChI=1S/C50H60/c1-3-5-7-9-11-13-15-17-19-43-21-25-45(26-22-43)29-31-47-33-37-49(38-34-47)41-42-50-39-35-48(36-40-50)32-30-46-27-23-44(24-28-46)20-18-16-14-12-10-8-6-4-2/h21-28,33-42H,3-20H2,1-2H3/b42-41+. The van der Waals surface area contributed by atoms with Crippen LogP contribution >= 0.6 is 0 Å². The molecule has 4 aromatic carbocycles. The molecule has 4 rings (SSSR count). The van der Waals surface area contributed by atoms with Crippen molar-refractivity contribution in [1.29, 1.82) is 0 Å². The van der Waals surface area contributed by atoms with Gasteiger partial charge in [-0.25, -0.2) is 0 Å². The van der Waals surface area contributed by atoms with Crippen LogP contribution in [0.1, 0.15) is 161 Å². The van der Waals surface area contributed by atoms with Gasteiger partial charge in [-0.2, -0.15) is 0 Å². The van der Waals surface area contributed by atoms with E-state index in [-0.39, 0.29) is 0 Å². The number of hydrogen-bond acceptors (Lipinski definition) is 0. The minimum Gasteiger partial charge on any atom is -0.0654 e. The van der Waals surface area contributed by atoms with E-state index in [1.54, 1.807) is 0 Å². The van der Waals surface area contributed by atoms with E-state index < -0.39 is 0 Å². The van der Waals surface area contributed by atoms with Crippen molar-refractivity contribution in [2.75, 3.05) is 0 Å². The van der Waals surface area contributed by atoms with Gasteiger partial charge in [0.05, 0.1) is 0 Å². The molecule has 0 saturated heterocycles. The molecule has 0 saturated carbocycles. The second-order valence-electron chi connectivity index (χ2n) is 13.9. The molecule has 0 nitrogen and oxygen atoms in total. The first-order valence-electron chi connectivity index (χ1n) is 19.8. The van der Waals surface area contributed by atoms with Crippen LogP contribution < -0.4 is 0 Å². The maximum absolute atomic E-state index is 3.33. The summed E-state index contributed by atoms with van der Waals surface area (Å²) in [7, 11) is 0. The first-order valence-corrected chi connectivity index (χ1v) is 19.8. The quantitative estimate of drug-likeness (QED) is 0.0503. The lowest BCUT2D eigenvalue weighted by Crippen LogP contribution is -1.87. The van der Waals surface area contributed by atoms with E-state index in [4.69, 9.17) is 0 Å². The van der Waals surface area contributed by atoms with Crippen molar-refractivity contribution in [3.63, 3.8) is 0 Å². The SMILES string of the molecule is CCCCCCCCCCc1ccc(C#Cc2ccc(/C=C/c3ccc(C#Cc4ccc(CCCCCCCCCC)cc4)cc3)cc2)cc1. The van der Waals surface area contributed by atoms with Crippen LogP contribution in [-0.4, -0.2) is 0 Å². The molecule has 260 valence electrons. The highest BCUT2D eigenvalue weighted by atomic mass is 14.0. The molecule has 0 unspecified atom stereocenters. The number of aryl methyl sites for hydroxylation is 2. The molecule has 0 aliphatic rings. The molecule has 4 aromatic rings. The van der Waals surface area contributed by atoms with E-state index in [1.807, 2.05) is 0 Å². The molecule has 0 fully saturated rings. The molecule has 0 heteroatoms. The Kier molecular flexibility index (Phi) is 18.5. The van der Waals surface area contributed by atoms with Gasteiger partial charge in [-0.15, -0.1) is 0 Å². The highest BCUT2D eigenvalue weighted by molar-refractivity contribution is 5.70. The number of unbranched alkanes of at least 4 members (excludes halogenated alkanes) is 14. The first-order chi connectivity index (χ1) is 24.7. The van der Waals surface area contributed by atoms with Crippen LogP contribution in [0, 0.1) is 23.7 Å². The third kappa shape index (κ3) is 16.0. The molecule has 0 atom stereocenters. The van der Waals surface area contributed by atoms with Crippen LogP contribution in [0.3, 0.4) is 0 Å². The minimum atomic E-state index is 1.03. The smallest absolute Gasteiger partial charge is 0.0249 e. The lowest BCUT2D eigenvalue weighted by atomic mass is 10.0. The molecular weight excluding hydrogens is 601 g/mol. The van der Waals surface area contributed by atoms with Crippen LogP contribution in [0.25, 0.3) is 12.2 Å². The van der Waals surface area contributed by atoms with Crippen molar-refractivity contribution in [1.82, 2.24) is 0 Å². The van der Waals surface area contributed by atoms with Gasteiger partial charge in [0.15, 0.2) is 0 Å². The van der Waals surface area contributed by atoms with Crippen LogP contribution in [0.4, 0.5) is 0 Å². The Morgan fingerprint density at radius 1 is 0.320 bits per heavy atom. The number of benzene rings is 4. The predicted molar refractivity (Wildman–Crippen MR) is 219 cm³/mol. The van der Waals surface area contributed by atoms with Gasteiger partial charge < -0.3 is 0 Å². The Morgan fingerprint density at radius 2 is 0.580 bits per heavy atom. The number of rotatable bonds is 20. The average Bonchev–Trinajstić information content (AvgIpc) is 3.16.